The molecule has 1 aromatic rings. The van der Waals surface area contributed by atoms with Crippen molar-refractivity contribution in [3.05, 3.63) is 28.2 Å². The minimum atomic E-state index is -0.175. The summed E-state index contributed by atoms with van der Waals surface area (Å²) in [6, 6.07) is 6.02. The van der Waals surface area contributed by atoms with Crippen molar-refractivity contribution in [1.82, 2.24) is 0 Å². The lowest BCUT2D eigenvalue weighted by Gasteiger charge is -2.68. The van der Waals surface area contributed by atoms with Crippen molar-refractivity contribution >= 4 is 21.9 Å². The van der Waals surface area contributed by atoms with Crippen LogP contribution in [0.4, 0.5) is 0 Å². The van der Waals surface area contributed by atoms with Gasteiger partial charge in [0.25, 0.3) is 0 Å². The fourth-order valence-electron chi connectivity index (χ4n) is 3.48. The van der Waals surface area contributed by atoms with Crippen molar-refractivity contribution in [3.63, 3.8) is 0 Å². The second-order valence-electron chi connectivity index (χ2n) is 6.00. The highest BCUT2D eigenvalue weighted by Gasteiger charge is 2.72. The van der Waals surface area contributed by atoms with Crippen molar-refractivity contribution in [2.24, 2.45) is 10.8 Å². The van der Waals surface area contributed by atoms with Crippen molar-refractivity contribution < 1.29 is 14.3 Å². The zero-order valence-electron chi connectivity index (χ0n) is 11.2. The summed E-state index contributed by atoms with van der Waals surface area (Å²) in [6.07, 6.45) is 2.75. The summed E-state index contributed by atoms with van der Waals surface area (Å²) in [6.45, 7) is 2.75. The molecule has 3 aliphatic carbocycles. The Labute approximate surface area is 121 Å². The molecule has 0 aliphatic heterocycles. The van der Waals surface area contributed by atoms with Gasteiger partial charge in [-0.15, -0.1) is 0 Å². The van der Waals surface area contributed by atoms with Gasteiger partial charge < -0.3 is 9.47 Å². The molecule has 0 spiro atoms. The molecule has 3 nitrogen and oxygen atoms in total. The Morgan fingerprint density at radius 2 is 2.05 bits per heavy atom. The molecule has 0 aromatic heterocycles. The number of esters is 1. The van der Waals surface area contributed by atoms with Gasteiger partial charge in [-0.1, -0.05) is 22.0 Å². The van der Waals surface area contributed by atoms with E-state index in [-0.39, 0.29) is 16.8 Å². The number of aryl methyl sites for hydroxylation is 1. The van der Waals surface area contributed by atoms with Crippen LogP contribution in [0.2, 0.25) is 0 Å². The molecule has 3 fully saturated rings. The molecule has 4 rings (SSSR count). The van der Waals surface area contributed by atoms with Crippen molar-refractivity contribution in [2.45, 2.75) is 26.2 Å². The van der Waals surface area contributed by atoms with Gasteiger partial charge in [0.15, 0.2) is 0 Å². The van der Waals surface area contributed by atoms with E-state index >= 15 is 0 Å². The highest BCUT2D eigenvalue weighted by Crippen LogP contribution is 2.73. The van der Waals surface area contributed by atoms with Gasteiger partial charge in [0.1, 0.15) is 5.75 Å². The Kier molecular flexibility index (Phi) is 2.89. The summed E-state index contributed by atoms with van der Waals surface area (Å²) >= 11 is 3.50. The van der Waals surface area contributed by atoms with Gasteiger partial charge in [-0.2, -0.15) is 0 Å². The Morgan fingerprint density at radius 3 is 2.63 bits per heavy atom. The van der Waals surface area contributed by atoms with Gasteiger partial charge in [-0.25, -0.2) is 0 Å². The van der Waals surface area contributed by atoms with Crippen LogP contribution in [0.5, 0.6) is 5.75 Å². The molecule has 102 valence electrons. The van der Waals surface area contributed by atoms with E-state index in [4.69, 9.17) is 9.47 Å². The van der Waals surface area contributed by atoms with E-state index < -0.39 is 0 Å². The maximum absolute atomic E-state index is 11.6. The number of ether oxygens (including phenoxy) is 2. The van der Waals surface area contributed by atoms with Crippen LogP contribution < -0.4 is 4.74 Å². The normalized spacial score (nSPS) is 31.1. The van der Waals surface area contributed by atoms with E-state index in [0.717, 1.165) is 29.5 Å². The molecule has 0 unspecified atom stereocenters. The number of halogens is 1. The average molecular weight is 325 g/mol. The van der Waals surface area contributed by atoms with Gasteiger partial charge in [0.05, 0.1) is 19.1 Å². The third kappa shape index (κ3) is 1.97. The zero-order valence-corrected chi connectivity index (χ0v) is 12.7. The van der Waals surface area contributed by atoms with Crippen LogP contribution in [0.25, 0.3) is 0 Å². The highest BCUT2D eigenvalue weighted by molar-refractivity contribution is 9.10. The number of methoxy groups -OCH3 is 1. The second kappa shape index (κ2) is 4.23. The molecule has 4 heteroatoms. The molecule has 0 amide bonds. The molecule has 1 aromatic carbocycles. The number of carbonyl (C=O) groups is 1. The lowest BCUT2D eigenvalue weighted by molar-refractivity contribution is -0.233. The zero-order chi connectivity index (χ0) is 13.7. The Hall–Kier alpha value is -1.03. The first-order chi connectivity index (χ1) is 8.99. The first-order valence-electron chi connectivity index (χ1n) is 6.46. The number of hydrogen-bond donors (Lipinski definition) is 0. The van der Waals surface area contributed by atoms with E-state index in [9.17, 15) is 4.79 Å². The first kappa shape index (κ1) is 13.0. The first-order valence-corrected chi connectivity index (χ1v) is 7.25. The predicted molar refractivity (Wildman–Crippen MR) is 75.1 cm³/mol. The molecule has 19 heavy (non-hydrogen) atoms. The molecule has 0 radical (unpaired) electrons. The van der Waals surface area contributed by atoms with Gasteiger partial charge >= 0.3 is 5.97 Å². The lowest BCUT2D eigenvalue weighted by atomic mass is 9.35. The molecule has 3 aliphatic rings. The average Bonchev–Trinajstić information content (AvgIpc) is 2.29. The fourth-order valence-corrected chi connectivity index (χ4v) is 3.84. The minimum absolute atomic E-state index is 0.0487. The molecule has 2 bridgehead atoms. The third-order valence-corrected chi connectivity index (χ3v) is 5.30. The SMILES string of the molecule is COC(=O)C12CC(COc3ccc(C)c(Br)c3)(C1)C2. The van der Waals surface area contributed by atoms with E-state index in [0.29, 0.717) is 6.61 Å². The Balaban J connectivity index is 1.56. The second-order valence-corrected chi connectivity index (χ2v) is 6.86. The molecule has 0 heterocycles. The van der Waals surface area contributed by atoms with Crippen LogP contribution in [0.1, 0.15) is 24.8 Å². The van der Waals surface area contributed by atoms with Crippen LogP contribution in [-0.4, -0.2) is 19.7 Å². The molecule has 0 N–H and O–H groups in total. The third-order valence-electron chi connectivity index (χ3n) is 4.45. The number of carbonyl (C=O) groups excluding carboxylic acids is 1. The summed E-state index contributed by atoms with van der Waals surface area (Å²) in [7, 11) is 1.47. The van der Waals surface area contributed by atoms with Crippen molar-refractivity contribution in [2.75, 3.05) is 13.7 Å². The lowest BCUT2D eigenvalue weighted by Crippen LogP contribution is -2.67. The summed E-state index contributed by atoms with van der Waals surface area (Å²) in [4.78, 5) is 11.6. The van der Waals surface area contributed by atoms with E-state index in [1.54, 1.807) is 0 Å². The Bertz CT molecular complexity index is 518. The van der Waals surface area contributed by atoms with Crippen LogP contribution in [-0.2, 0) is 9.53 Å². The smallest absolute Gasteiger partial charge is 0.311 e. The van der Waals surface area contributed by atoms with Gasteiger partial charge in [-0.05, 0) is 43.9 Å². The number of benzene rings is 1. The maximum Gasteiger partial charge on any atom is 0.311 e. The fraction of sp³-hybridized carbons (Fsp3) is 0.533. The van der Waals surface area contributed by atoms with E-state index in [2.05, 4.69) is 22.9 Å². The monoisotopic (exact) mass is 324 g/mol. The molecular weight excluding hydrogens is 308 g/mol. The summed E-state index contributed by atoms with van der Waals surface area (Å²) < 4.78 is 11.8. The predicted octanol–water partition coefficient (Wildman–Crippen LogP) is 3.48. The molecule has 0 saturated heterocycles. The quantitative estimate of drug-likeness (QED) is 0.795. The van der Waals surface area contributed by atoms with Gasteiger partial charge in [0.2, 0.25) is 0 Å². The van der Waals surface area contributed by atoms with Gasteiger partial charge in [-0.3, -0.25) is 4.79 Å². The topological polar surface area (TPSA) is 35.5 Å². The van der Waals surface area contributed by atoms with E-state index in [1.807, 2.05) is 18.2 Å². The van der Waals surface area contributed by atoms with Crippen LogP contribution in [0, 0.1) is 17.8 Å². The number of rotatable bonds is 4. The summed E-state index contributed by atoms with van der Waals surface area (Å²) in [5.74, 6) is 0.835. The minimum Gasteiger partial charge on any atom is -0.493 e. The van der Waals surface area contributed by atoms with Crippen LogP contribution >= 0.6 is 15.9 Å². The summed E-state index contributed by atoms with van der Waals surface area (Å²) in [5.41, 5.74) is 1.24. The molecular formula is C15H17BrO3. The maximum atomic E-state index is 11.6. The van der Waals surface area contributed by atoms with Crippen LogP contribution in [0.3, 0.4) is 0 Å². The molecule has 3 saturated carbocycles. The van der Waals surface area contributed by atoms with Gasteiger partial charge in [0, 0.05) is 9.89 Å². The van der Waals surface area contributed by atoms with E-state index in [1.165, 1.54) is 12.7 Å². The van der Waals surface area contributed by atoms with Crippen LogP contribution in [0.15, 0.2) is 22.7 Å². The standard InChI is InChI=1S/C15H17BrO3/c1-10-3-4-11(5-12(10)16)19-9-14-6-15(7-14,8-14)13(17)18-2/h3-5H,6-9H2,1-2H3. The molecule has 0 atom stereocenters. The Morgan fingerprint density at radius 1 is 1.37 bits per heavy atom. The van der Waals surface area contributed by atoms with Crippen molar-refractivity contribution in [1.29, 1.82) is 0 Å². The number of hydrogen-bond acceptors (Lipinski definition) is 3. The highest BCUT2D eigenvalue weighted by atomic mass is 79.9. The van der Waals surface area contributed by atoms with Crippen molar-refractivity contribution in [3.8, 4) is 5.75 Å². The largest absolute Gasteiger partial charge is 0.493 e. The summed E-state index contributed by atoms with van der Waals surface area (Å²) in [5, 5.41) is 0.